The number of hydrogen-bond acceptors (Lipinski definition) is 1. The lowest BCUT2D eigenvalue weighted by Crippen LogP contribution is -2.35. The first-order valence-corrected chi connectivity index (χ1v) is 4.83. The molecule has 0 radical (unpaired) electrons. The lowest BCUT2D eigenvalue weighted by atomic mass is 9.88. The van der Waals surface area contributed by atoms with Gasteiger partial charge in [0.1, 0.15) is 0 Å². The van der Waals surface area contributed by atoms with Crippen molar-refractivity contribution in [1.29, 1.82) is 0 Å². The smallest absolute Gasteiger partial charge is 0.222 e. The van der Waals surface area contributed by atoms with Crippen molar-refractivity contribution >= 4 is 5.91 Å². The van der Waals surface area contributed by atoms with Crippen LogP contribution in [-0.4, -0.2) is 24.4 Å². The Morgan fingerprint density at radius 3 is 2.75 bits per heavy atom. The van der Waals surface area contributed by atoms with Crippen LogP contribution < -0.4 is 0 Å². The van der Waals surface area contributed by atoms with Crippen LogP contribution in [0, 0.1) is 11.8 Å². The Bertz CT molecular complexity index is 165. The summed E-state index contributed by atoms with van der Waals surface area (Å²) in [7, 11) is 1.90. The van der Waals surface area contributed by atoms with Gasteiger partial charge in [-0.15, -0.1) is 0 Å². The summed E-state index contributed by atoms with van der Waals surface area (Å²) >= 11 is 0. The minimum Gasteiger partial charge on any atom is -0.346 e. The Balaban J connectivity index is 2.35. The van der Waals surface area contributed by atoms with E-state index in [9.17, 15) is 4.79 Å². The first kappa shape index (κ1) is 9.56. The number of nitrogens with zero attached hydrogens (tertiary/aromatic N) is 1. The van der Waals surface area contributed by atoms with Gasteiger partial charge >= 0.3 is 0 Å². The van der Waals surface area contributed by atoms with Crippen molar-refractivity contribution in [2.24, 2.45) is 11.8 Å². The normalized spacial score (nSPS) is 25.2. The molecule has 1 amide bonds. The highest BCUT2D eigenvalue weighted by Gasteiger charge is 2.23. The van der Waals surface area contributed by atoms with Crippen LogP contribution in [0.2, 0.25) is 0 Å². The molecule has 1 rings (SSSR count). The van der Waals surface area contributed by atoms with E-state index in [0.29, 0.717) is 11.8 Å². The molecule has 1 atom stereocenters. The topological polar surface area (TPSA) is 20.3 Å². The number of piperidine rings is 1. The van der Waals surface area contributed by atoms with Gasteiger partial charge in [-0.2, -0.15) is 0 Å². The molecule has 70 valence electrons. The third-order valence-corrected chi connectivity index (χ3v) is 2.57. The number of rotatable bonds is 2. The fourth-order valence-electron chi connectivity index (χ4n) is 1.87. The monoisotopic (exact) mass is 169 g/mol. The van der Waals surface area contributed by atoms with Gasteiger partial charge in [0.05, 0.1) is 0 Å². The minimum atomic E-state index is 0.326. The molecule has 1 heterocycles. The maximum absolute atomic E-state index is 11.3. The van der Waals surface area contributed by atoms with Crippen LogP contribution in [0.1, 0.15) is 33.1 Å². The number of hydrogen-bond donors (Lipinski definition) is 0. The van der Waals surface area contributed by atoms with E-state index in [2.05, 4.69) is 13.8 Å². The van der Waals surface area contributed by atoms with Gasteiger partial charge in [0, 0.05) is 20.0 Å². The van der Waals surface area contributed by atoms with Crippen molar-refractivity contribution in [3.8, 4) is 0 Å². The molecule has 2 heteroatoms. The van der Waals surface area contributed by atoms with Gasteiger partial charge in [0.2, 0.25) is 5.91 Å². The van der Waals surface area contributed by atoms with Crippen LogP contribution in [0.4, 0.5) is 0 Å². The molecule has 1 aliphatic rings. The number of likely N-dealkylation sites (tertiary alicyclic amines) is 1. The third-order valence-electron chi connectivity index (χ3n) is 2.57. The largest absolute Gasteiger partial charge is 0.346 e. The second kappa shape index (κ2) is 3.92. The molecule has 2 nitrogen and oxygen atoms in total. The summed E-state index contributed by atoms with van der Waals surface area (Å²) in [6.45, 7) is 5.40. The highest BCUT2D eigenvalue weighted by Crippen LogP contribution is 2.23. The fourth-order valence-corrected chi connectivity index (χ4v) is 1.87. The first-order chi connectivity index (χ1) is 5.59. The number of amides is 1. The molecular formula is C10H19NO. The molecule has 0 spiro atoms. The molecule has 0 aromatic rings. The molecule has 0 N–H and O–H groups in total. The van der Waals surface area contributed by atoms with E-state index in [4.69, 9.17) is 0 Å². The summed E-state index contributed by atoms with van der Waals surface area (Å²) in [5, 5.41) is 0. The summed E-state index contributed by atoms with van der Waals surface area (Å²) in [5.74, 6) is 1.70. The number of carbonyl (C=O) groups is 1. The van der Waals surface area contributed by atoms with Crippen LogP contribution in [0.25, 0.3) is 0 Å². The van der Waals surface area contributed by atoms with E-state index >= 15 is 0 Å². The molecule has 0 saturated carbocycles. The van der Waals surface area contributed by atoms with Crippen LogP contribution in [0.5, 0.6) is 0 Å². The van der Waals surface area contributed by atoms with Gasteiger partial charge < -0.3 is 4.90 Å². The highest BCUT2D eigenvalue weighted by atomic mass is 16.2. The van der Waals surface area contributed by atoms with Crippen LogP contribution in [0.15, 0.2) is 0 Å². The zero-order valence-electron chi connectivity index (χ0n) is 8.34. The molecular weight excluding hydrogens is 150 g/mol. The van der Waals surface area contributed by atoms with E-state index < -0.39 is 0 Å². The lowest BCUT2D eigenvalue weighted by molar-refractivity contribution is -0.133. The molecule has 1 unspecified atom stereocenters. The van der Waals surface area contributed by atoms with E-state index in [-0.39, 0.29) is 0 Å². The summed E-state index contributed by atoms with van der Waals surface area (Å²) in [5.41, 5.74) is 0. The van der Waals surface area contributed by atoms with E-state index in [0.717, 1.165) is 18.9 Å². The molecule has 0 aromatic carbocycles. The Labute approximate surface area is 74.9 Å². The van der Waals surface area contributed by atoms with Gasteiger partial charge in [-0.1, -0.05) is 13.8 Å². The van der Waals surface area contributed by atoms with Crippen molar-refractivity contribution in [2.75, 3.05) is 13.6 Å². The summed E-state index contributed by atoms with van der Waals surface area (Å²) in [6, 6.07) is 0. The van der Waals surface area contributed by atoms with Crippen molar-refractivity contribution in [1.82, 2.24) is 4.90 Å². The summed E-state index contributed by atoms with van der Waals surface area (Å²) in [6.07, 6.45) is 3.18. The zero-order chi connectivity index (χ0) is 9.14. The van der Waals surface area contributed by atoms with Crippen molar-refractivity contribution in [3.05, 3.63) is 0 Å². The Kier molecular flexibility index (Phi) is 3.12. The number of carbonyl (C=O) groups excluding carboxylic acids is 1. The fraction of sp³-hybridized carbons (Fsp3) is 0.900. The second-order valence-electron chi connectivity index (χ2n) is 4.30. The van der Waals surface area contributed by atoms with E-state index in [1.54, 1.807) is 0 Å². The highest BCUT2D eigenvalue weighted by molar-refractivity contribution is 5.76. The SMILES string of the molecule is CC(C)CC1CCN(C)C(=O)C1. The quantitative estimate of drug-likeness (QED) is 0.618. The predicted molar refractivity (Wildman–Crippen MR) is 49.8 cm³/mol. The lowest BCUT2D eigenvalue weighted by Gasteiger charge is -2.29. The second-order valence-corrected chi connectivity index (χ2v) is 4.30. The van der Waals surface area contributed by atoms with E-state index in [1.165, 1.54) is 12.8 Å². The molecule has 0 bridgehead atoms. The maximum Gasteiger partial charge on any atom is 0.222 e. The van der Waals surface area contributed by atoms with Crippen molar-refractivity contribution in [2.45, 2.75) is 33.1 Å². The minimum absolute atomic E-state index is 0.326. The van der Waals surface area contributed by atoms with E-state index in [1.807, 2.05) is 11.9 Å². The van der Waals surface area contributed by atoms with Crippen molar-refractivity contribution < 1.29 is 4.79 Å². The Morgan fingerprint density at radius 2 is 2.25 bits per heavy atom. The summed E-state index contributed by atoms with van der Waals surface area (Å²) < 4.78 is 0. The van der Waals surface area contributed by atoms with Crippen LogP contribution >= 0.6 is 0 Å². The van der Waals surface area contributed by atoms with Gasteiger partial charge in [-0.05, 0) is 24.7 Å². The zero-order valence-corrected chi connectivity index (χ0v) is 8.34. The van der Waals surface area contributed by atoms with Crippen molar-refractivity contribution in [3.63, 3.8) is 0 Å². The molecule has 0 aliphatic carbocycles. The summed E-state index contributed by atoms with van der Waals surface area (Å²) in [4.78, 5) is 13.2. The Hall–Kier alpha value is -0.530. The van der Waals surface area contributed by atoms with Gasteiger partial charge in [0.25, 0.3) is 0 Å². The molecule has 12 heavy (non-hydrogen) atoms. The first-order valence-electron chi connectivity index (χ1n) is 4.83. The standard InChI is InChI=1S/C10H19NO/c1-8(2)6-9-4-5-11(3)10(12)7-9/h8-9H,4-7H2,1-3H3. The molecule has 1 saturated heterocycles. The van der Waals surface area contributed by atoms with Crippen LogP contribution in [-0.2, 0) is 4.79 Å². The average Bonchev–Trinajstić information content (AvgIpc) is 1.96. The average molecular weight is 169 g/mol. The molecule has 1 fully saturated rings. The van der Waals surface area contributed by atoms with Crippen LogP contribution in [0.3, 0.4) is 0 Å². The third kappa shape index (κ3) is 2.50. The van der Waals surface area contributed by atoms with Gasteiger partial charge in [-0.25, -0.2) is 0 Å². The molecule has 1 aliphatic heterocycles. The molecule has 0 aromatic heterocycles. The maximum atomic E-state index is 11.3. The van der Waals surface area contributed by atoms with Gasteiger partial charge in [-0.3, -0.25) is 4.79 Å². The Morgan fingerprint density at radius 1 is 1.58 bits per heavy atom. The van der Waals surface area contributed by atoms with Gasteiger partial charge in [0.15, 0.2) is 0 Å². The predicted octanol–water partition coefficient (Wildman–Crippen LogP) is 1.90.